The van der Waals surface area contributed by atoms with Gasteiger partial charge in [-0.1, -0.05) is 30.3 Å². The molecular formula is C22H24ClN3O4S2. The Labute approximate surface area is 199 Å². The first-order valence-electron chi connectivity index (χ1n) is 10.4. The lowest BCUT2D eigenvalue weighted by Crippen LogP contribution is -2.24. The van der Waals surface area contributed by atoms with E-state index in [1.54, 1.807) is 28.0 Å². The van der Waals surface area contributed by atoms with Crippen LogP contribution in [0.25, 0.3) is 10.2 Å². The van der Waals surface area contributed by atoms with E-state index in [0.29, 0.717) is 33.9 Å². The minimum atomic E-state index is -0.249. The molecule has 0 spiro atoms. The Balaban J connectivity index is 1.57. The Morgan fingerprint density at radius 2 is 2.06 bits per heavy atom. The van der Waals surface area contributed by atoms with Gasteiger partial charge in [0.05, 0.1) is 36.1 Å². The highest BCUT2D eigenvalue weighted by Crippen LogP contribution is 2.37. The number of carbonyl (C=O) groups is 1. The molecule has 3 aromatic rings. The third-order valence-electron chi connectivity index (χ3n) is 5.32. The van der Waals surface area contributed by atoms with Crippen molar-refractivity contribution < 1.29 is 14.3 Å². The molecule has 1 aliphatic rings. The summed E-state index contributed by atoms with van der Waals surface area (Å²) < 4.78 is 12.2. The van der Waals surface area contributed by atoms with Gasteiger partial charge in [-0.25, -0.2) is 4.98 Å². The zero-order valence-electron chi connectivity index (χ0n) is 18.1. The number of carbonyl (C=O) groups excluding carboxylic acids is 1. The second-order valence-electron chi connectivity index (χ2n) is 7.41. The summed E-state index contributed by atoms with van der Waals surface area (Å²) in [6, 6.07) is 3.21. The van der Waals surface area contributed by atoms with Gasteiger partial charge >= 0.3 is 0 Å². The third-order valence-corrected chi connectivity index (χ3v) is 7.77. The molecule has 0 unspecified atom stereocenters. The van der Waals surface area contributed by atoms with E-state index in [1.807, 2.05) is 6.92 Å². The number of amides is 1. The van der Waals surface area contributed by atoms with Crippen molar-refractivity contribution in [3.8, 4) is 11.5 Å². The number of benzene rings is 1. The zero-order chi connectivity index (χ0) is 22.8. The number of anilines is 1. The number of hydrogen-bond acceptors (Lipinski definition) is 7. The van der Waals surface area contributed by atoms with Crippen LogP contribution in [0.1, 0.15) is 30.2 Å². The first-order valence-corrected chi connectivity index (χ1v) is 12.5. The number of nitrogens with one attached hydrogen (secondary N) is 1. The number of aromatic nitrogens is 2. The number of thioether (sulfide) groups is 1. The fraction of sp³-hybridized carbons (Fsp3) is 0.409. The van der Waals surface area contributed by atoms with E-state index in [4.69, 9.17) is 26.1 Å². The van der Waals surface area contributed by atoms with Crippen LogP contribution >= 0.6 is 34.7 Å². The molecule has 0 saturated heterocycles. The highest BCUT2D eigenvalue weighted by Gasteiger charge is 2.23. The Morgan fingerprint density at radius 3 is 2.78 bits per heavy atom. The van der Waals surface area contributed by atoms with Gasteiger partial charge in [0.25, 0.3) is 5.56 Å². The second-order valence-corrected chi connectivity index (χ2v) is 9.85. The van der Waals surface area contributed by atoms with Crippen molar-refractivity contribution in [3.63, 3.8) is 0 Å². The maximum absolute atomic E-state index is 13.2. The molecule has 0 radical (unpaired) electrons. The van der Waals surface area contributed by atoms with Gasteiger partial charge in [0, 0.05) is 17.5 Å². The standard InChI is InChI=1S/C22H24ClN3O4S2/c1-4-8-26-21(28)19-12-6-5-7-17(12)32-20(19)25-22(26)31-11-18(27)24-14-9-13(23)15(29-2)10-16(14)30-3/h9-10H,4-8,11H2,1-3H3,(H,24,27). The molecule has 1 amide bonds. The topological polar surface area (TPSA) is 82.5 Å². The number of nitrogens with zero attached hydrogens (tertiary/aromatic N) is 2. The molecule has 0 bridgehead atoms. The summed E-state index contributed by atoms with van der Waals surface area (Å²) >= 11 is 9.06. The number of aryl methyl sites for hydroxylation is 2. The molecule has 1 N–H and O–H groups in total. The predicted molar refractivity (Wildman–Crippen MR) is 130 cm³/mol. The smallest absolute Gasteiger partial charge is 0.263 e. The number of ether oxygens (including phenoxy) is 2. The van der Waals surface area contributed by atoms with E-state index in [1.165, 1.54) is 36.4 Å². The number of thiophene rings is 1. The minimum Gasteiger partial charge on any atom is -0.495 e. The first kappa shape index (κ1) is 22.9. The van der Waals surface area contributed by atoms with Crippen LogP contribution in [-0.2, 0) is 24.2 Å². The molecule has 2 aromatic heterocycles. The summed E-state index contributed by atoms with van der Waals surface area (Å²) in [7, 11) is 3.02. The van der Waals surface area contributed by atoms with Crippen LogP contribution in [0.4, 0.5) is 5.69 Å². The minimum absolute atomic E-state index is 0.00256. The molecule has 2 heterocycles. The highest BCUT2D eigenvalue weighted by molar-refractivity contribution is 7.99. The molecule has 32 heavy (non-hydrogen) atoms. The molecule has 0 aliphatic heterocycles. The fourth-order valence-corrected chi connectivity index (χ4v) is 6.23. The van der Waals surface area contributed by atoms with Crippen LogP contribution in [-0.4, -0.2) is 35.4 Å². The summed E-state index contributed by atoms with van der Waals surface area (Å²) in [5.41, 5.74) is 1.63. The van der Waals surface area contributed by atoms with E-state index in [9.17, 15) is 9.59 Å². The first-order chi connectivity index (χ1) is 15.5. The molecule has 1 aromatic carbocycles. The van der Waals surface area contributed by atoms with Gasteiger partial charge in [-0.05, 0) is 37.3 Å². The van der Waals surface area contributed by atoms with Crippen LogP contribution in [0, 0.1) is 0 Å². The Hall–Kier alpha value is -2.23. The molecule has 4 rings (SSSR count). The van der Waals surface area contributed by atoms with Crippen LogP contribution < -0.4 is 20.3 Å². The van der Waals surface area contributed by atoms with Gasteiger partial charge in [0.15, 0.2) is 5.16 Å². The third kappa shape index (κ3) is 4.33. The van der Waals surface area contributed by atoms with Crippen molar-refractivity contribution >= 4 is 56.5 Å². The average molecular weight is 494 g/mol. The summed E-state index contributed by atoms with van der Waals surface area (Å²) in [5.74, 6) is 0.750. The second kappa shape index (κ2) is 9.72. The number of methoxy groups -OCH3 is 2. The van der Waals surface area contributed by atoms with Crippen molar-refractivity contribution in [1.29, 1.82) is 0 Å². The van der Waals surface area contributed by atoms with Gasteiger partial charge in [-0.2, -0.15) is 0 Å². The molecule has 1 aliphatic carbocycles. The molecule has 0 atom stereocenters. The van der Waals surface area contributed by atoms with Crippen molar-refractivity contribution in [1.82, 2.24) is 9.55 Å². The van der Waals surface area contributed by atoms with Crippen LogP contribution in [0.15, 0.2) is 22.1 Å². The number of fused-ring (bicyclic) bond motifs is 3. The van der Waals surface area contributed by atoms with Crippen LogP contribution in [0.3, 0.4) is 0 Å². The lowest BCUT2D eigenvalue weighted by atomic mass is 10.2. The summed E-state index contributed by atoms with van der Waals surface area (Å²) in [4.78, 5) is 32.7. The molecular weight excluding hydrogens is 470 g/mol. The van der Waals surface area contributed by atoms with E-state index in [-0.39, 0.29) is 17.2 Å². The van der Waals surface area contributed by atoms with Gasteiger partial charge in [-0.15, -0.1) is 11.3 Å². The van der Waals surface area contributed by atoms with Gasteiger partial charge in [0.1, 0.15) is 16.3 Å². The monoisotopic (exact) mass is 493 g/mol. The maximum Gasteiger partial charge on any atom is 0.263 e. The van der Waals surface area contributed by atoms with E-state index in [0.717, 1.165) is 35.9 Å². The van der Waals surface area contributed by atoms with E-state index < -0.39 is 0 Å². The van der Waals surface area contributed by atoms with Gasteiger partial charge < -0.3 is 14.8 Å². The van der Waals surface area contributed by atoms with Crippen LogP contribution in [0.5, 0.6) is 11.5 Å². The number of hydrogen-bond donors (Lipinski definition) is 1. The molecule has 170 valence electrons. The Morgan fingerprint density at radius 1 is 1.28 bits per heavy atom. The van der Waals surface area contributed by atoms with Crippen molar-refractivity contribution in [2.24, 2.45) is 0 Å². The van der Waals surface area contributed by atoms with E-state index >= 15 is 0 Å². The number of halogens is 1. The Kier molecular flexibility index (Phi) is 6.97. The van der Waals surface area contributed by atoms with Crippen molar-refractivity contribution in [3.05, 3.63) is 37.9 Å². The Bertz CT molecular complexity index is 1240. The van der Waals surface area contributed by atoms with E-state index in [2.05, 4.69) is 5.32 Å². The van der Waals surface area contributed by atoms with Crippen LogP contribution in [0.2, 0.25) is 5.02 Å². The van der Waals surface area contributed by atoms with Crippen molar-refractivity contribution in [2.75, 3.05) is 25.3 Å². The zero-order valence-corrected chi connectivity index (χ0v) is 20.5. The molecule has 10 heteroatoms. The maximum atomic E-state index is 13.2. The van der Waals surface area contributed by atoms with Gasteiger partial charge in [-0.3, -0.25) is 14.2 Å². The summed E-state index contributed by atoms with van der Waals surface area (Å²) in [5, 5.41) is 4.52. The molecule has 7 nitrogen and oxygen atoms in total. The van der Waals surface area contributed by atoms with Crippen molar-refractivity contribution in [2.45, 2.75) is 44.3 Å². The predicted octanol–water partition coefficient (Wildman–Crippen LogP) is 4.76. The normalized spacial score (nSPS) is 12.8. The van der Waals surface area contributed by atoms with Gasteiger partial charge in [0.2, 0.25) is 5.91 Å². The summed E-state index contributed by atoms with van der Waals surface area (Å²) in [6.45, 7) is 2.59. The highest BCUT2D eigenvalue weighted by atomic mass is 35.5. The molecule has 0 saturated carbocycles. The largest absolute Gasteiger partial charge is 0.495 e. The quantitative estimate of drug-likeness (QED) is 0.360. The number of rotatable bonds is 8. The average Bonchev–Trinajstić information content (AvgIpc) is 3.35. The summed E-state index contributed by atoms with van der Waals surface area (Å²) in [6.07, 6.45) is 3.86. The lowest BCUT2D eigenvalue weighted by molar-refractivity contribution is -0.113. The SMILES string of the molecule is CCCn1c(SCC(=O)Nc2cc(Cl)c(OC)cc2OC)nc2sc3c(c2c1=O)CCC3. The lowest BCUT2D eigenvalue weighted by Gasteiger charge is -2.14. The molecule has 0 fully saturated rings. The fourth-order valence-electron chi connectivity index (χ4n) is 3.86.